The van der Waals surface area contributed by atoms with Gasteiger partial charge in [0.1, 0.15) is 23.7 Å². The molecule has 3 aromatic rings. The van der Waals surface area contributed by atoms with Crippen LogP contribution in [0.15, 0.2) is 42.5 Å². The quantitative estimate of drug-likeness (QED) is 0.494. The van der Waals surface area contributed by atoms with Crippen LogP contribution in [0.5, 0.6) is 5.75 Å². The van der Waals surface area contributed by atoms with Crippen molar-refractivity contribution < 1.29 is 22.7 Å². The molecule has 0 bridgehead atoms. The summed E-state index contributed by atoms with van der Waals surface area (Å²) < 4.78 is 47.1. The molecule has 0 amide bonds. The average molecular weight is 392 g/mol. The first-order valence-corrected chi connectivity index (χ1v) is 9.30. The highest BCUT2D eigenvalue weighted by molar-refractivity contribution is 5.75. The van der Waals surface area contributed by atoms with E-state index < -0.39 is 11.7 Å². The number of rotatable bonds is 8. The molecule has 0 N–H and O–H groups in total. The number of fused-ring (bicyclic) bond motifs is 1. The van der Waals surface area contributed by atoms with Crippen LogP contribution in [-0.2, 0) is 12.6 Å². The highest BCUT2D eigenvalue weighted by atomic mass is 19.4. The lowest BCUT2D eigenvalue weighted by Gasteiger charge is -2.16. The van der Waals surface area contributed by atoms with Crippen molar-refractivity contribution in [2.24, 2.45) is 0 Å². The molecule has 7 heteroatoms. The van der Waals surface area contributed by atoms with Gasteiger partial charge in [-0.05, 0) is 43.2 Å². The number of benzene rings is 2. The number of imidazole rings is 1. The number of aryl methyl sites for hydroxylation is 1. The number of nitrogens with zero attached hydrogens (tertiary/aromatic N) is 2. The Morgan fingerprint density at radius 1 is 1.07 bits per heavy atom. The fourth-order valence-corrected chi connectivity index (χ4v) is 2.95. The van der Waals surface area contributed by atoms with Gasteiger partial charge in [0, 0.05) is 6.42 Å². The van der Waals surface area contributed by atoms with Crippen molar-refractivity contribution in [1.82, 2.24) is 9.71 Å². The average Bonchev–Trinajstić information content (AvgIpc) is 2.97. The van der Waals surface area contributed by atoms with E-state index in [0.717, 1.165) is 23.5 Å². The number of para-hydroxylation sites is 2. The van der Waals surface area contributed by atoms with E-state index in [1.54, 1.807) is 10.8 Å². The van der Waals surface area contributed by atoms with E-state index in [1.807, 2.05) is 38.1 Å². The van der Waals surface area contributed by atoms with Gasteiger partial charge in [0.25, 0.3) is 0 Å². The van der Waals surface area contributed by atoms with Crippen molar-refractivity contribution >= 4 is 11.0 Å². The molecule has 2 aromatic carbocycles. The number of hydrogen-bond donors (Lipinski definition) is 0. The van der Waals surface area contributed by atoms with Gasteiger partial charge in [0.15, 0.2) is 0 Å². The predicted octanol–water partition coefficient (Wildman–Crippen LogP) is 5.21. The van der Waals surface area contributed by atoms with Gasteiger partial charge in [-0.15, -0.1) is 0 Å². The lowest BCUT2D eigenvalue weighted by Crippen LogP contribution is -2.16. The summed E-state index contributed by atoms with van der Waals surface area (Å²) in [5, 5.41) is 0. The van der Waals surface area contributed by atoms with Crippen molar-refractivity contribution in [3.63, 3.8) is 0 Å². The summed E-state index contributed by atoms with van der Waals surface area (Å²) in [6, 6.07) is 11.7. The maximum absolute atomic E-state index is 13.4. The maximum atomic E-state index is 13.4. The highest BCUT2D eigenvalue weighted by Crippen LogP contribution is 2.37. The minimum absolute atomic E-state index is 0.123. The van der Waals surface area contributed by atoms with Crippen LogP contribution in [-0.4, -0.2) is 22.9 Å². The van der Waals surface area contributed by atoms with Crippen LogP contribution in [0.4, 0.5) is 13.2 Å². The Morgan fingerprint density at radius 3 is 2.61 bits per heavy atom. The monoisotopic (exact) mass is 392 g/mol. The van der Waals surface area contributed by atoms with Gasteiger partial charge in [-0.1, -0.05) is 31.5 Å². The molecule has 0 aliphatic heterocycles. The first kappa shape index (κ1) is 20.0. The van der Waals surface area contributed by atoms with Crippen LogP contribution in [0.25, 0.3) is 11.0 Å². The number of aromatic nitrogens is 2. The van der Waals surface area contributed by atoms with Gasteiger partial charge < -0.3 is 9.57 Å². The highest BCUT2D eigenvalue weighted by Gasteiger charge is 2.34. The second kappa shape index (κ2) is 8.54. The SMILES string of the molecule is CCCCOc1ccc(CCOn2c(C)nc3ccccc32)cc1C(F)(F)F. The Balaban J connectivity index is 1.71. The fourth-order valence-electron chi connectivity index (χ4n) is 2.95. The molecule has 0 saturated heterocycles. The lowest BCUT2D eigenvalue weighted by molar-refractivity contribution is -0.139. The third kappa shape index (κ3) is 4.58. The van der Waals surface area contributed by atoms with Crippen molar-refractivity contribution in [3.05, 3.63) is 59.4 Å². The minimum Gasteiger partial charge on any atom is -0.493 e. The Bertz CT molecular complexity index is 935. The molecule has 0 radical (unpaired) electrons. The van der Waals surface area contributed by atoms with Gasteiger partial charge in [-0.3, -0.25) is 0 Å². The van der Waals surface area contributed by atoms with Crippen LogP contribution >= 0.6 is 0 Å². The van der Waals surface area contributed by atoms with E-state index in [2.05, 4.69) is 4.98 Å². The molecule has 0 aliphatic carbocycles. The summed E-state index contributed by atoms with van der Waals surface area (Å²) in [4.78, 5) is 10.2. The molecule has 0 unspecified atom stereocenters. The molecule has 4 nitrogen and oxygen atoms in total. The van der Waals surface area contributed by atoms with E-state index in [9.17, 15) is 13.2 Å². The van der Waals surface area contributed by atoms with Crippen molar-refractivity contribution in [1.29, 1.82) is 0 Å². The smallest absolute Gasteiger partial charge is 0.419 e. The van der Waals surface area contributed by atoms with Crippen LogP contribution in [0.3, 0.4) is 0 Å². The summed E-state index contributed by atoms with van der Waals surface area (Å²) in [6.07, 6.45) is -2.55. The van der Waals surface area contributed by atoms with E-state index in [-0.39, 0.29) is 19.0 Å². The standard InChI is InChI=1S/C21H23F3N2O2/c1-3-4-12-27-20-10-9-16(14-17(20)21(22,23)24)11-13-28-26-15(2)25-18-7-5-6-8-19(18)26/h5-10,14H,3-4,11-13H2,1-2H3. The second-order valence-corrected chi connectivity index (χ2v) is 6.56. The number of halogens is 3. The summed E-state index contributed by atoms with van der Waals surface area (Å²) >= 11 is 0. The topological polar surface area (TPSA) is 36.3 Å². The first-order chi connectivity index (χ1) is 13.4. The van der Waals surface area contributed by atoms with Crippen molar-refractivity contribution in [3.8, 4) is 5.75 Å². The second-order valence-electron chi connectivity index (χ2n) is 6.56. The minimum atomic E-state index is -4.46. The lowest BCUT2D eigenvalue weighted by atomic mass is 10.1. The van der Waals surface area contributed by atoms with E-state index in [4.69, 9.17) is 9.57 Å². The van der Waals surface area contributed by atoms with Crippen LogP contribution in [0.2, 0.25) is 0 Å². The number of ether oxygens (including phenoxy) is 1. The van der Waals surface area contributed by atoms with Crippen molar-refractivity contribution in [2.45, 2.75) is 39.3 Å². The molecule has 0 spiro atoms. The molecule has 0 saturated carbocycles. The van der Waals surface area contributed by atoms with Gasteiger partial charge in [0.2, 0.25) is 0 Å². The summed E-state index contributed by atoms with van der Waals surface area (Å²) in [6.45, 7) is 4.29. The Labute approximate surface area is 161 Å². The Morgan fingerprint density at radius 2 is 1.86 bits per heavy atom. The van der Waals surface area contributed by atoms with Crippen LogP contribution in [0, 0.1) is 6.92 Å². The van der Waals surface area contributed by atoms with E-state index >= 15 is 0 Å². The molecular formula is C21H23F3N2O2. The van der Waals surface area contributed by atoms with E-state index in [0.29, 0.717) is 24.2 Å². The van der Waals surface area contributed by atoms with Gasteiger partial charge >= 0.3 is 6.18 Å². The van der Waals surface area contributed by atoms with Crippen LogP contribution < -0.4 is 9.57 Å². The van der Waals surface area contributed by atoms with Gasteiger partial charge in [-0.25, -0.2) is 4.98 Å². The summed E-state index contributed by atoms with van der Waals surface area (Å²) in [5.41, 5.74) is 1.44. The summed E-state index contributed by atoms with van der Waals surface area (Å²) in [7, 11) is 0. The molecule has 3 rings (SSSR count). The zero-order chi connectivity index (χ0) is 20.1. The molecule has 28 heavy (non-hydrogen) atoms. The zero-order valence-corrected chi connectivity index (χ0v) is 15.9. The molecule has 0 aliphatic rings. The largest absolute Gasteiger partial charge is 0.493 e. The zero-order valence-electron chi connectivity index (χ0n) is 15.9. The maximum Gasteiger partial charge on any atom is 0.419 e. The van der Waals surface area contributed by atoms with E-state index in [1.165, 1.54) is 6.07 Å². The molecule has 1 aromatic heterocycles. The fraction of sp³-hybridized carbons (Fsp3) is 0.381. The molecule has 0 atom stereocenters. The van der Waals surface area contributed by atoms with Crippen LogP contribution in [0.1, 0.15) is 36.7 Å². The Kier molecular flexibility index (Phi) is 6.11. The van der Waals surface area contributed by atoms with Crippen molar-refractivity contribution in [2.75, 3.05) is 13.2 Å². The number of unbranched alkanes of at least 4 members (excludes halogenated alkanes) is 1. The number of alkyl halides is 3. The molecule has 150 valence electrons. The first-order valence-electron chi connectivity index (χ1n) is 9.30. The van der Waals surface area contributed by atoms with Gasteiger partial charge in [-0.2, -0.15) is 17.9 Å². The third-order valence-electron chi connectivity index (χ3n) is 4.39. The molecule has 0 fully saturated rings. The summed E-state index contributed by atoms with van der Waals surface area (Å²) in [5.74, 6) is 0.568. The normalized spacial score (nSPS) is 11.8. The predicted molar refractivity (Wildman–Crippen MR) is 101 cm³/mol. The van der Waals surface area contributed by atoms with Gasteiger partial charge in [0.05, 0.1) is 17.7 Å². The molecule has 1 heterocycles. The number of hydrogen-bond acceptors (Lipinski definition) is 3. The molecular weight excluding hydrogens is 369 g/mol. The third-order valence-corrected chi connectivity index (χ3v) is 4.39. The Hall–Kier alpha value is -2.70.